The average molecular weight is 4490 g/mol. The second kappa shape index (κ2) is 170. The van der Waals surface area contributed by atoms with Crippen molar-refractivity contribution in [3.05, 3.63) is 0 Å². The molecule has 0 aromatic carbocycles. The first-order chi connectivity index (χ1) is 69.9. The van der Waals surface area contributed by atoms with Crippen molar-refractivity contribution in [2.45, 2.75) is 0 Å². The van der Waals surface area contributed by atoms with Gasteiger partial charge in [0.05, 0.1) is 0 Å². The first-order valence-electron chi connectivity index (χ1n) is 23.2. The third-order valence-electron chi connectivity index (χ3n) is 3.81. The number of hydrogen-bond acceptors (Lipinski definition) is 2. The van der Waals surface area contributed by atoms with Crippen molar-refractivity contribution in [2.75, 3.05) is 0 Å². The molecule has 0 rings (SSSR count). The molecule has 0 saturated heterocycles. The van der Waals surface area contributed by atoms with Crippen LogP contribution in [0.2, 0.25) is 0 Å². The lowest BCUT2D eigenvalue weighted by molar-refractivity contribution is 5.95. The molecule has 840 valence electrons. The van der Waals surface area contributed by atoms with Crippen molar-refractivity contribution in [3.63, 3.8) is 0 Å². The van der Waals surface area contributed by atoms with Crippen molar-refractivity contribution in [2.24, 2.45) is 0 Å². The van der Waals surface area contributed by atoms with Gasteiger partial charge in [0.25, 0.3) is 0 Å². The summed E-state index contributed by atoms with van der Waals surface area (Å²) in [5.41, 5.74) is 0. The molecular weight excluding hydrogens is 4490 g/mol. The Morgan fingerprint density at radius 3 is 0.0786 bits per heavy atom. The SMILES string of the molecule is S=S=S=S=S=S=S=S=S=S=S=S=S=S=S=S=S=S=S=S=S=S=S=S=S=S=S=S=S=S=S=S=S=S=S=S=S=S=S=S=S=S=S=S=S=S=S=S=S=S=S=S=S=S=S=S=S=S=S=S=S=S=S=S=S=S=S=S=S=S=S=S=S=S=S=S=S=S=S=S=S=S=S=S=S=S=S=S=S=S=S=S=S=S=S=S=S=S=S=S=S=S=S=S=S=S=S=S=S=S=S=S=S=S=S=S=S=S=S=S=S=S=S=S=S=S=S=S=S=S=S=S=S=S=S=S=S=S=S=S. The molecule has 140 heteroatoms. The molecular formula is S140. The predicted octanol–water partition coefficient (Wildman–Crippen LogP) is -0.336. The van der Waals surface area contributed by atoms with E-state index >= 15 is 0 Å². The van der Waals surface area contributed by atoms with Gasteiger partial charge in [-0.25, -0.2) is 0 Å². The summed E-state index contributed by atoms with van der Waals surface area (Å²) in [6.45, 7) is 0. The van der Waals surface area contributed by atoms with Gasteiger partial charge >= 0.3 is 0 Å². The van der Waals surface area contributed by atoms with Gasteiger partial charge in [-0.2, -0.15) is 0 Å². The molecule has 0 bridgehead atoms. The van der Waals surface area contributed by atoms with E-state index in [0.717, 1.165) is 0 Å². The van der Waals surface area contributed by atoms with Crippen molar-refractivity contribution in [1.29, 1.82) is 0 Å². The molecule has 0 atom stereocenters. The van der Waals surface area contributed by atoms with E-state index < -0.39 is 0 Å². The number of rotatable bonds is 0. The predicted molar refractivity (Wildman–Crippen MR) is 1030 cm³/mol. The van der Waals surface area contributed by atoms with Crippen molar-refractivity contribution in [1.82, 2.24) is 0 Å². The topological polar surface area (TPSA) is 0 Å². The lowest BCUT2D eigenvalue weighted by Crippen LogP contribution is -1.42. The molecule has 0 heterocycles. The van der Waals surface area contributed by atoms with Crippen LogP contribution in [0.5, 0.6) is 0 Å². The summed E-state index contributed by atoms with van der Waals surface area (Å²) in [7, 11) is 251. The fraction of sp³-hybridized carbons (Fsp3) is 0. The van der Waals surface area contributed by atoms with Gasteiger partial charge < -0.3 is 0 Å². The van der Waals surface area contributed by atoms with Gasteiger partial charge in [-0.15, -0.1) is 0 Å². The summed E-state index contributed by atoms with van der Waals surface area (Å²) in [5, 5.41) is 0. The summed E-state index contributed by atoms with van der Waals surface area (Å²) in [6, 6.07) is 0. The molecule has 0 aromatic heterocycles. The highest BCUT2D eigenvalue weighted by atomic mass is 33.6. The molecule has 0 nitrogen and oxygen atoms in total. The Balaban J connectivity index is 6.21. The number of hydrogen-bond donors (Lipinski definition) is 0. The second-order valence-electron chi connectivity index (χ2n) is 9.39. The van der Waals surface area contributed by atoms with Gasteiger partial charge in [0, 0.05) is 1250 Å². The van der Waals surface area contributed by atoms with Crippen LogP contribution in [0.25, 0.3) is 0 Å². The Morgan fingerprint density at radius 2 is 0.0571 bits per heavy atom. The van der Waals surface area contributed by atoms with E-state index in [1.807, 2.05) is 1100 Å². The van der Waals surface area contributed by atoms with Crippen molar-refractivity contribution >= 4 is 1250 Å². The van der Waals surface area contributed by atoms with E-state index in [2.05, 4.69) is 0 Å². The molecule has 0 unspecified atom stereocenters. The summed E-state index contributed by atoms with van der Waals surface area (Å²) in [4.78, 5) is 0. The van der Waals surface area contributed by atoms with E-state index in [1.54, 1.807) is 107 Å². The lowest BCUT2D eigenvalue weighted by atomic mass is 30.7. The Kier molecular flexibility index (Phi) is 207. The summed E-state index contributed by atoms with van der Waals surface area (Å²) in [5.74, 6) is 0. The highest BCUT2D eigenvalue weighted by Gasteiger charge is 1.55. The zero-order valence-electron chi connectivity index (χ0n) is 57.2. The van der Waals surface area contributed by atoms with Crippen LogP contribution in [0.3, 0.4) is 0 Å². The van der Waals surface area contributed by atoms with E-state index in [1.165, 1.54) is 17.8 Å². The fourth-order valence-electron chi connectivity index (χ4n) is 1.54. The smallest absolute Gasteiger partial charge is 0 e. The van der Waals surface area contributed by atoms with Crippen LogP contribution in [0.1, 0.15) is 0 Å². The van der Waals surface area contributed by atoms with Crippen molar-refractivity contribution in [3.8, 4) is 0 Å². The minimum absolute atomic E-state index is 1.37. The summed E-state index contributed by atoms with van der Waals surface area (Å²) < 4.78 is 0. The summed E-state index contributed by atoms with van der Waals surface area (Å²) in [6.07, 6.45) is 0. The second-order valence-corrected chi connectivity index (χ2v) is 254. The van der Waals surface area contributed by atoms with Gasteiger partial charge in [-0.3, -0.25) is 0 Å². The largest absolute Gasteiger partial charge is 0 e. The standard InChI is InChI=1S/S140/c1-3-5-7-9-11-13-15-17-19-21-23-25-27-29-31-33-35-37-39-41-43-45-47-49-51-53-55-57-59-61-63-65-67-69-71-73-75-77-79-81-83-85-87-89-91-93-95-97-99-101-103-105-107-109-111-113-115-117-119-121-123-125-127-129-131-133-135-137-139-140-138-136-134-132-130-128-126-124-122-120-118-116-114-112-110-108-106-104-102-100-98-96-94-92-90-88-86-84-82-80-78-76-74-72-70-68-66-64-62-60-58-56-54-52-50-48-46-44-42-40-38-36-34-32-30-28-26-24-22-20-18-16-14-12-10-8-6-4-2. The Hall–Kier alpha value is 30.8. The first-order valence-corrected chi connectivity index (χ1v) is 208. The molecule has 0 N–H and O–H groups in total. The van der Waals surface area contributed by atoms with Crippen LogP contribution in [0.4, 0.5) is 0 Å². The minimum Gasteiger partial charge on any atom is 0 e. The summed E-state index contributed by atoms with van der Waals surface area (Å²) >= 11 is 9.67. The first kappa shape index (κ1) is 171. The zero-order valence-corrected chi connectivity index (χ0v) is 171. The fourth-order valence-corrected chi connectivity index (χ4v) is 375. The molecule has 0 aliphatic heterocycles. The van der Waals surface area contributed by atoms with Gasteiger partial charge in [0.15, 0.2) is 0 Å². The van der Waals surface area contributed by atoms with E-state index in [4.69, 9.17) is 22.4 Å². The third-order valence-corrected chi connectivity index (χ3v) is 308. The van der Waals surface area contributed by atoms with Gasteiger partial charge in [-0.05, 0) is 0 Å². The van der Waals surface area contributed by atoms with Gasteiger partial charge in [0.2, 0.25) is 0 Å². The maximum atomic E-state index is 4.84. The quantitative estimate of drug-likeness (QED) is 0.327. The normalized spacial score (nSPS) is 7.91. The van der Waals surface area contributed by atoms with E-state index in [9.17, 15) is 0 Å². The highest BCUT2D eigenvalue weighted by Crippen LogP contribution is 1.55. The monoisotopic (exact) mass is 4480 g/mol. The molecule has 140 heavy (non-hydrogen) atoms. The molecule has 0 spiro atoms. The Bertz CT molecular complexity index is 10400. The van der Waals surface area contributed by atoms with Gasteiger partial charge in [-0.1, -0.05) is 0 Å². The molecule has 0 fully saturated rings. The van der Waals surface area contributed by atoms with Crippen LogP contribution < -0.4 is 0 Å². The van der Waals surface area contributed by atoms with Crippen molar-refractivity contribution < 1.29 is 0 Å². The Morgan fingerprint density at radius 1 is 0.0357 bits per heavy atom. The minimum atomic E-state index is 1.37. The van der Waals surface area contributed by atoms with Crippen LogP contribution in [-0.2, 0) is 1250 Å². The lowest BCUT2D eigenvalue weighted by Gasteiger charge is -1.41. The third kappa shape index (κ3) is 169. The molecule has 0 radical (unpaired) electrons. The molecule has 0 aliphatic carbocycles. The maximum absolute atomic E-state index is 4.84. The molecule has 0 amide bonds. The average Bonchev–Trinajstić information content (AvgIpc) is 1.10. The zero-order chi connectivity index (χ0) is 99.6. The highest BCUT2D eigenvalue weighted by molar-refractivity contribution is 8.91. The van der Waals surface area contributed by atoms with E-state index in [-0.39, 0.29) is 0 Å². The molecule has 0 aliphatic rings. The molecule has 0 aromatic rings. The maximum Gasteiger partial charge on any atom is 0 e. The van der Waals surface area contributed by atoms with Crippen LogP contribution >= 0.6 is 0 Å². The van der Waals surface area contributed by atoms with Crippen LogP contribution in [0, 0.1) is 0 Å². The van der Waals surface area contributed by atoms with Gasteiger partial charge in [0.1, 0.15) is 0 Å². The van der Waals surface area contributed by atoms with Crippen LogP contribution in [-0.4, -0.2) is 0 Å². The Labute approximate surface area is 1210 Å². The molecule has 0 saturated carbocycles. The van der Waals surface area contributed by atoms with E-state index in [0.29, 0.717) is 0 Å². The van der Waals surface area contributed by atoms with Crippen LogP contribution in [0.15, 0.2) is 0 Å².